The average Bonchev–Trinajstić information content (AvgIpc) is 2.23. The topological polar surface area (TPSA) is 0 Å². The van der Waals surface area contributed by atoms with E-state index < -0.39 is 47.2 Å². The number of hydrogen-bond donors (Lipinski definition) is 0. The minimum Gasteiger partial charge on any atom is -0.166 e. The molecule has 0 N–H and O–H groups in total. The van der Waals surface area contributed by atoms with Crippen molar-refractivity contribution < 1.29 is 39.5 Å². The molecule has 1 radical (unpaired) electrons. The summed E-state index contributed by atoms with van der Waals surface area (Å²) >= 11 is 0. The maximum Gasteiger partial charge on any atom is 0.417 e. The lowest BCUT2D eigenvalue weighted by Crippen LogP contribution is -2.22. The second kappa shape index (κ2) is 4.85. The van der Waals surface area contributed by atoms with Crippen LogP contribution in [-0.2, 0) is 24.9 Å². The van der Waals surface area contributed by atoms with Crippen LogP contribution in [-0.4, -0.2) is 0 Å². The third-order valence-electron chi connectivity index (χ3n) is 2.46. The molecule has 0 unspecified atom stereocenters. The molecule has 0 atom stereocenters. The van der Waals surface area contributed by atoms with E-state index in [1.165, 1.54) is 0 Å². The van der Waals surface area contributed by atoms with Crippen LogP contribution in [0, 0.1) is 6.92 Å². The first-order valence-corrected chi connectivity index (χ1v) is 4.97. The van der Waals surface area contributed by atoms with Crippen LogP contribution < -0.4 is 0 Å². The molecule has 0 saturated heterocycles. The van der Waals surface area contributed by atoms with E-state index >= 15 is 0 Å². The molecule has 0 bridgehead atoms. The van der Waals surface area contributed by atoms with E-state index in [0.29, 0.717) is 0 Å². The number of benzene rings is 1. The predicted octanol–water partition coefficient (Wildman–Crippen LogP) is 5.12. The minimum absolute atomic E-state index is 0.0153. The summed E-state index contributed by atoms with van der Waals surface area (Å²) in [5.41, 5.74) is -7.78. The SMILES string of the molecule is [CH2]Cc1c(C(F)(F)F)ccc(C(F)(F)F)c1C(F)(F)F. The van der Waals surface area contributed by atoms with E-state index in [1.54, 1.807) is 0 Å². The average molecular weight is 309 g/mol. The van der Waals surface area contributed by atoms with Gasteiger partial charge in [0.25, 0.3) is 0 Å². The Bertz CT molecular complexity index is 490. The molecule has 0 fully saturated rings. The second-order valence-corrected chi connectivity index (χ2v) is 3.76. The highest BCUT2D eigenvalue weighted by Crippen LogP contribution is 2.45. The van der Waals surface area contributed by atoms with Crippen LogP contribution >= 0.6 is 0 Å². The first-order valence-electron chi connectivity index (χ1n) is 4.97. The van der Waals surface area contributed by atoms with Gasteiger partial charge >= 0.3 is 18.5 Å². The molecule has 0 aromatic heterocycles. The summed E-state index contributed by atoms with van der Waals surface area (Å²) in [7, 11) is 0. The van der Waals surface area contributed by atoms with Crippen LogP contribution in [0.5, 0.6) is 0 Å². The lowest BCUT2D eigenvalue weighted by atomic mass is 9.93. The van der Waals surface area contributed by atoms with E-state index in [2.05, 4.69) is 6.92 Å². The second-order valence-electron chi connectivity index (χ2n) is 3.76. The molecule has 113 valence electrons. The maximum absolute atomic E-state index is 12.7. The Hall–Kier alpha value is -1.41. The third-order valence-corrected chi connectivity index (χ3v) is 2.46. The fraction of sp³-hybridized carbons (Fsp3) is 0.364. The summed E-state index contributed by atoms with van der Waals surface area (Å²) < 4.78 is 113. The molecule has 1 aromatic rings. The highest BCUT2D eigenvalue weighted by molar-refractivity contribution is 5.46. The van der Waals surface area contributed by atoms with Crippen LogP contribution in [0.2, 0.25) is 0 Å². The van der Waals surface area contributed by atoms with E-state index in [4.69, 9.17) is 0 Å². The first kappa shape index (κ1) is 16.6. The quantitative estimate of drug-likeness (QED) is 0.632. The van der Waals surface area contributed by atoms with Gasteiger partial charge in [-0.3, -0.25) is 0 Å². The third kappa shape index (κ3) is 3.18. The Morgan fingerprint density at radius 1 is 0.700 bits per heavy atom. The predicted molar refractivity (Wildman–Crippen MR) is 50.5 cm³/mol. The van der Waals surface area contributed by atoms with Crippen LogP contribution in [0.15, 0.2) is 12.1 Å². The Kier molecular flexibility index (Phi) is 4.04. The molecule has 0 aliphatic heterocycles. The van der Waals surface area contributed by atoms with Gasteiger partial charge in [-0.1, -0.05) is 0 Å². The van der Waals surface area contributed by atoms with Crippen LogP contribution in [0.4, 0.5) is 39.5 Å². The monoisotopic (exact) mass is 309 g/mol. The normalized spacial score (nSPS) is 13.7. The molecule has 0 spiro atoms. The van der Waals surface area contributed by atoms with Crippen LogP contribution in [0.3, 0.4) is 0 Å². The maximum atomic E-state index is 12.7. The molecule has 0 aliphatic rings. The Morgan fingerprint density at radius 3 is 1.40 bits per heavy atom. The summed E-state index contributed by atoms with van der Waals surface area (Å²) in [5, 5.41) is 0. The van der Waals surface area contributed by atoms with E-state index in [1.807, 2.05) is 0 Å². The van der Waals surface area contributed by atoms with Gasteiger partial charge in [0, 0.05) is 0 Å². The zero-order valence-corrected chi connectivity index (χ0v) is 9.47. The number of rotatable bonds is 1. The van der Waals surface area contributed by atoms with Gasteiger partial charge in [-0.25, -0.2) is 0 Å². The van der Waals surface area contributed by atoms with Crippen LogP contribution in [0.1, 0.15) is 22.3 Å². The molecule has 0 saturated carbocycles. The van der Waals surface area contributed by atoms with E-state index in [0.717, 1.165) is 0 Å². The zero-order chi connectivity index (χ0) is 15.9. The highest BCUT2D eigenvalue weighted by Gasteiger charge is 2.47. The molecule has 20 heavy (non-hydrogen) atoms. The highest BCUT2D eigenvalue weighted by atomic mass is 19.4. The summed E-state index contributed by atoms with van der Waals surface area (Å²) in [4.78, 5) is 0. The van der Waals surface area contributed by atoms with Gasteiger partial charge in [0.05, 0.1) is 16.7 Å². The largest absolute Gasteiger partial charge is 0.417 e. The fourth-order valence-corrected chi connectivity index (χ4v) is 1.73. The minimum atomic E-state index is -5.57. The summed E-state index contributed by atoms with van der Waals surface area (Å²) in [5.74, 6) is 0. The van der Waals surface area contributed by atoms with E-state index in [-0.39, 0.29) is 12.1 Å². The van der Waals surface area contributed by atoms with Crippen molar-refractivity contribution in [1.82, 2.24) is 0 Å². The zero-order valence-electron chi connectivity index (χ0n) is 9.47. The molecule has 0 nitrogen and oxygen atoms in total. The molecule has 0 aliphatic carbocycles. The van der Waals surface area contributed by atoms with Gasteiger partial charge in [-0.05, 0) is 31.0 Å². The molecule has 0 amide bonds. The van der Waals surface area contributed by atoms with E-state index in [9.17, 15) is 39.5 Å². The first-order chi connectivity index (χ1) is 8.80. The summed E-state index contributed by atoms with van der Waals surface area (Å²) in [6.45, 7) is 2.86. The van der Waals surface area contributed by atoms with Gasteiger partial charge in [-0.2, -0.15) is 39.5 Å². The van der Waals surface area contributed by atoms with Crippen molar-refractivity contribution in [2.45, 2.75) is 24.9 Å². The van der Waals surface area contributed by atoms with Crippen molar-refractivity contribution in [3.05, 3.63) is 41.3 Å². The summed E-state index contributed by atoms with van der Waals surface area (Å²) in [6.07, 6.45) is -17.3. The van der Waals surface area contributed by atoms with Gasteiger partial charge in [-0.15, -0.1) is 0 Å². The van der Waals surface area contributed by atoms with Crippen molar-refractivity contribution in [3.8, 4) is 0 Å². The number of halogens is 9. The van der Waals surface area contributed by atoms with Crippen molar-refractivity contribution in [2.24, 2.45) is 0 Å². The molecular weight excluding hydrogens is 303 g/mol. The Morgan fingerprint density at radius 2 is 1.10 bits per heavy atom. The standard InChI is InChI=1S/C11H6F9/c1-2-5-6(9(12,13)14)3-4-7(10(15,16)17)8(5)11(18,19)20/h3-4H,1-2H2. The summed E-state index contributed by atoms with van der Waals surface area (Å²) in [6, 6.07) is -0.233. The number of alkyl halides is 9. The van der Waals surface area contributed by atoms with Crippen molar-refractivity contribution in [2.75, 3.05) is 0 Å². The van der Waals surface area contributed by atoms with Gasteiger partial charge in [0.1, 0.15) is 0 Å². The van der Waals surface area contributed by atoms with Crippen molar-refractivity contribution >= 4 is 0 Å². The van der Waals surface area contributed by atoms with Gasteiger partial charge in [0.15, 0.2) is 0 Å². The van der Waals surface area contributed by atoms with Crippen LogP contribution in [0.25, 0.3) is 0 Å². The van der Waals surface area contributed by atoms with Crippen molar-refractivity contribution in [1.29, 1.82) is 0 Å². The molecular formula is C11H6F9. The molecule has 1 aromatic carbocycles. The lowest BCUT2D eigenvalue weighted by Gasteiger charge is -2.22. The fourth-order valence-electron chi connectivity index (χ4n) is 1.73. The smallest absolute Gasteiger partial charge is 0.166 e. The molecule has 0 heterocycles. The van der Waals surface area contributed by atoms with Gasteiger partial charge < -0.3 is 0 Å². The van der Waals surface area contributed by atoms with Gasteiger partial charge in [0.2, 0.25) is 0 Å². The van der Waals surface area contributed by atoms with Crippen molar-refractivity contribution in [3.63, 3.8) is 0 Å². The molecule has 1 rings (SSSR count). The molecule has 9 heteroatoms. The Labute approximate surface area is 107 Å². The lowest BCUT2D eigenvalue weighted by molar-refractivity contribution is -0.164. The number of hydrogen-bond acceptors (Lipinski definition) is 0. The Balaban J connectivity index is 3.79.